The summed E-state index contributed by atoms with van der Waals surface area (Å²) in [5, 5.41) is 7.60. The average Bonchev–Trinajstić information content (AvgIpc) is 3.85. The summed E-state index contributed by atoms with van der Waals surface area (Å²) < 4.78 is 7.54. The molecule has 1 aromatic heterocycles. The van der Waals surface area contributed by atoms with Gasteiger partial charge in [0.15, 0.2) is 0 Å². The minimum absolute atomic E-state index is 0.568. The number of hydrogen-bond donors (Lipinski definition) is 0. The van der Waals surface area contributed by atoms with Crippen molar-refractivity contribution in [1.82, 2.24) is 4.57 Å². The molecule has 306 valence electrons. The number of allylic oxidation sites excluding steroid dienone is 1. The molecule has 0 bridgehead atoms. The number of para-hydroxylation sites is 1. The Morgan fingerprint density at radius 1 is 0.469 bits per heavy atom. The zero-order chi connectivity index (χ0) is 42.9. The van der Waals surface area contributed by atoms with Crippen molar-refractivity contribution in [1.29, 1.82) is 0 Å². The number of hydrogen-bond acceptors (Lipinski definition) is 0. The molecule has 1 aliphatic rings. The first-order valence-electron chi connectivity index (χ1n) is 22.0. The Kier molecular flexibility index (Phi) is 9.87. The van der Waals surface area contributed by atoms with Crippen LogP contribution in [-0.4, -0.2) is 8.49 Å². The molecular formula is C61H43I2N. The van der Waals surface area contributed by atoms with Gasteiger partial charge in [-0.15, -0.1) is 0 Å². The van der Waals surface area contributed by atoms with Crippen LogP contribution >= 0.6 is 42.4 Å². The molecule has 2 heterocycles. The number of fused-ring (bicyclic) bond motifs is 8. The molecule has 3 heteroatoms. The molecule has 0 unspecified atom stereocenters. The van der Waals surface area contributed by atoms with Crippen molar-refractivity contribution in [3.05, 3.63) is 235 Å². The van der Waals surface area contributed by atoms with Crippen LogP contribution in [0.2, 0.25) is 0 Å². The summed E-state index contributed by atoms with van der Waals surface area (Å²) in [6.07, 6.45) is 1.01. The van der Waals surface area contributed by atoms with Crippen LogP contribution in [0.5, 0.6) is 0 Å². The van der Waals surface area contributed by atoms with Gasteiger partial charge in [-0.1, -0.05) is 78.9 Å². The molecule has 0 radical (unpaired) electrons. The van der Waals surface area contributed by atoms with Crippen molar-refractivity contribution in [3.8, 4) is 50.2 Å². The summed E-state index contributed by atoms with van der Waals surface area (Å²) >= 11 is 0.625. The third-order valence-corrected chi connectivity index (χ3v) is 19.6. The van der Waals surface area contributed by atoms with Gasteiger partial charge in [0.25, 0.3) is 0 Å². The van der Waals surface area contributed by atoms with Crippen LogP contribution in [0.3, 0.4) is 0 Å². The number of alkyl halides is 1. The summed E-state index contributed by atoms with van der Waals surface area (Å²) in [4.78, 5) is 0. The Morgan fingerprint density at radius 3 is 1.66 bits per heavy atom. The molecule has 0 aliphatic carbocycles. The first-order chi connectivity index (χ1) is 31.5. The maximum atomic E-state index is 4.40. The fourth-order valence-electron chi connectivity index (χ4n) is 10.1. The van der Waals surface area contributed by atoms with E-state index in [2.05, 4.69) is 253 Å². The molecule has 0 saturated carbocycles. The molecule has 11 aromatic rings. The Bertz CT molecular complexity index is 3560. The zero-order valence-electron chi connectivity index (χ0n) is 35.4. The SMILES string of the molecule is C=C(C[C@@H](C)I)c1ccc(I2c3ccccc3-c3cc(-c4ccc5c(c4)c4ccccc4n5-c4ccc(-c5c6ccccc6c(-c6ccccc6)c6ccccc56)cc4)ccc32)cc1. The second-order valence-electron chi connectivity index (χ2n) is 16.9. The van der Waals surface area contributed by atoms with Crippen molar-refractivity contribution in [2.75, 3.05) is 0 Å². The van der Waals surface area contributed by atoms with Crippen molar-refractivity contribution in [3.63, 3.8) is 0 Å². The number of halogens is 2. The van der Waals surface area contributed by atoms with Gasteiger partial charge in [-0.2, -0.15) is 0 Å². The molecule has 12 rings (SSSR count). The van der Waals surface area contributed by atoms with Gasteiger partial charge >= 0.3 is 276 Å². The molecule has 0 N–H and O–H groups in total. The van der Waals surface area contributed by atoms with Crippen LogP contribution in [0.25, 0.3) is 99.1 Å². The van der Waals surface area contributed by atoms with E-state index in [1.807, 2.05) is 0 Å². The van der Waals surface area contributed by atoms with Gasteiger partial charge in [-0.3, -0.25) is 0 Å². The molecule has 1 nitrogen and oxygen atoms in total. The molecule has 0 saturated heterocycles. The Morgan fingerprint density at radius 2 is 0.984 bits per heavy atom. The number of aromatic nitrogens is 1. The van der Waals surface area contributed by atoms with Crippen molar-refractivity contribution >= 4 is 91.3 Å². The van der Waals surface area contributed by atoms with Gasteiger partial charge in [0.1, 0.15) is 0 Å². The molecule has 64 heavy (non-hydrogen) atoms. The van der Waals surface area contributed by atoms with Crippen LogP contribution in [0.1, 0.15) is 18.9 Å². The van der Waals surface area contributed by atoms with Gasteiger partial charge in [-0.25, -0.2) is 0 Å². The van der Waals surface area contributed by atoms with E-state index in [1.165, 1.54) is 110 Å². The fraction of sp³-hybridized carbons (Fsp3) is 0.0492. The van der Waals surface area contributed by atoms with Crippen molar-refractivity contribution in [2.45, 2.75) is 17.3 Å². The van der Waals surface area contributed by atoms with Gasteiger partial charge < -0.3 is 0 Å². The van der Waals surface area contributed by atoms with E-state index < -0.39 is 19.8 Å². The zero-order valence-corrected chi connectivity index (χ0v) is 39.7. The van der Waals surface area contributed by atoms with Crippen LogP contribution < -0.4 is 0 Å². The Balaban J connectivity index is 0.931. The maximum absolute atomic E-state index is 4.40. The number of rotatable bonds is 8. The van der Waals surface area contributed by atoms with E-state index in [0.717, 1.165) is 12.1 Å². The summed E-state index contributed by atoms with van der Waals surface area (Å²) in [5.74, 6) is 0. The van der Waals surface area contributed by atoms with Crippen molar-refractivity contribution < 1.29 is 0 Å². The normalized spacial score (nSPS) is 13.1. The molecule has 1 atom stereocenters. The first-order valence-corrected chi connectivity index (χ1v) is 26.5. The van der Waals surface area contributed by atoms with Crippen molar-refractivity contribution in [2.24, 2.45) is 0 Å². The standard InChI is InChI=1S/C61H43I2N/c1-39(36-40(2)62)41-24-30-46(31-25-41)63-56-22-12-10-16-48(56)54-37-44(28-34-57(54)63)45-29-35-59-55(38-45)49-17-11-13-23-58(49)64(59)47-32-26-43(27-33-47)61-52-20-8-6-18-50(52)60(42-14-4-3-5-15-42)51-19-7-9-21-53(51)61/h3-35,37-38,40H,1,36H2,2H3/t40-/m1/s1. The molecule has 0 spiro atoms. The van der Waals surface area contributed by atoms with Crippen LogP contribution in [0.15, 0.2) is 219 Å². The predicted molar refractivity (Wildman–Crippen MR) is 291 cm³/mol. The van der Waals surface area contributed by atoms with Gasteiger partial charge in [-0.05, 0) is 43.8 Å². The second-order valence-corrected chi connectivity index (χ2v) is 24.2. The molecule has 10 aromatic carbocycles. The van der Waals surface area contributed by atoms with E-state index >= 15 is 0 Å². The monoisotopic (exact) mass is 1040 g/mol. The van der Waals surface area contributed by atoms with Gasteiger partial charge in [0.2, 0.25) is 0 Å². The van der Waals surface area contributed by atoms with Crippen LogP contribution in [-0.2, 0) is 0 Å². The third-order valence-electron chi connectivity index (χ3n) is 12.9. The van der Waals surface area contributed by atoms with Crippen LogP contribution in [0.4, 0.5) is 0 Å². The quantitative estimate of drug-likeness (QED) is 0.0812. The Hall–Kier alpha value is -6.28. The van der Waals surface area contributed by atoms with E-state index in [-0.39, 0.29) is 0 Å². The summed E-state index contributed by atoms with van der Waals surface area (Å²) in [7, 11) is 0. The van der Waals surface area contributed by atoms with E-state index in [1.54, 1.807) is 0 Å². The molecule has 0 amide bonds. The first kappa shape index (κ1) is 39.3. The molecular weight excluding hydrogens is 1000 g/mol. The van der Waals surface area contributed by atoms with Gasteiger partial charge in [0.05, 0.1) is 0 Å². The number of benzene rings is 10. The molecule has 0 fully saturated rings. The third kappa shape index (κ3) is 6.54. The topological polar surface area (TPSA) is 4.93 Å². The minimum atomic E-state index is -1.87. The van der Waals surface area contributed by atoms with Gasteiger partial charge in [0, 0.05) is 0 Å². The average molecular weight is 1040 g/mol. The summed E-state index contributed by atoms with van der Waals surface area (Å²) in [6.45, 7) is 6.65. The fourth-order valence-corrected chi connectivity index (χ4v) is 16.9. The molecule has 1 aliphatic heterocycles. The predicted octanol–water partition coefficient (Wildman–Crippen LogP) is 17.7. The van der Waals surface area contributed by atoms with Crippen LogP contribution in [0, 0.1) is 10.7 Å². The summed E-state index contributed by atoms with van der Waals surface area (Å²) in [5.41, 5.74) is 16.3. The van der Waals surface area contributed by atoms with E-state index in [9.17, 15) is 0 Å². The Labute approximate surface area is 395 Å². The number of nitrogens with zero attached hydrogens (tertiary/aromatic N) is 1. The van der Waals surface area contributed by atoms with E-state index in [4.69, 9.17) is 0 Å². The summed E-state index contributed by atoms with van der Waals surface area (Å²) in [6, 6.07) is 79.6. The van der Waals surface area contributed by atoms with E-state index in [0.29, 0.717) is 3.92 Å². The second kappa shape index (κ2) is 16.1.